The van der Waals surface area contributed by atoms with Gasteiger partial charge in [-0.05, 0) is 32.9 Å². The van der Waals surface area contributed by atoms with Crippen molar-refractivity contribution in [1.82, 2.24) is 9.97 Å². The SMILES string of the molecule is CCNc1nc(C)nc(Nc2ccc(F)cc2F)c1C. The highest BCUT2D eigenvalue weighted by Crippen LogP contribution is 2.25. The molecule has 2 rings (SSSR count). The summed E-state index contributed by atoms with van der Waals surface area (Å²) in [5, 5.41) is 6.00. The van der Waals surface area contributed by atoms with Crippen LogP contribution in [0.2, 0.25) is 0 Å². The van der Waals surface area contributed by atoms with Gasteiger partial charge >= 0.3 is 0 Å². The number of hydrogen-bond donors (Lipinski definition) is 2. The molecule has 1 heterocycles. The highest BCUT2D eigenvalue weighted by atomic mass is 19.1. The van der Waals surface area contributed by atoms with Gasteiger partial charge in [0, 0.05) is 18.2 Å². The van der Waals surface area contributed by atoms with E-state index in [0.29, 0.717) is 17.5 Å². The number of nitrogens with one attached hydrogen (secondary N) is 2. The molecule has 0 saturated heterocycles. The smallest absolute Gasteiger partial charge is 0.149 e. The minimum absolute atomic E-state index is 0.176. The van der Waals surface area contributed by atoms with Gasteiger partial charge in [-0.3, -0.25) is 0 Å². The fraction of sp³-hybridized carbons (Fsp3) is 0.286. The van der Waals surface area contributed by atoms with Crippen LogP contribution in [-0.2, 0) is 0 Å². The van der Waals surface area contributed by atoms with Gasteiger partial charge < -0.3 is 10.6 Å². The van der Waals surface area contributed by atoms with Gasteiger partial charge in [-0.15, -0.1) is 0 Å². The van der Waals surface area contributed by atoms with E-state index in [1.165, 1.54) is 12.1 Å². The second-order valence-corrected chi connectivity index (χ2v) is 4.37. The van der Waals surface area contributed by atoms with E-state index in [4.69, 9.17) is 0 Å². The Bertz CT molecular complexity index is 629. The van der Waals surface area contributed by atoms with Crippen molar-refractivity contribution in [3.63, 3.8) is 0 Å². The Hall–Kier alpha value is -2.24. The minimum atomic E-state index is -0.661. The van der Waals surface area contributed by atoms with Gasteiger partial charge in [-0.1, -0.05) is 0 Å². The summed E-state index contributed by atoms with van der Waals surface area (Å²) in [6, 6.07) is 3.37. The maximum Gasteiger partial charge on any atom is 0.149 e. The van der Waals surface area contributed by atoms with Gasteiger partial charge in [0.15, 0.2) is 0 Å². The van der Waals surface area contributed by atoms with Gasteiger partial charge in [0.25, 0.3) is 0 Å². The first-order chi connectivity index (χ1) is 9.51. The number of aryl methyl sites for hydroxylation is 1. The molecule has 0 unspecified atom stereocenters. The van der Waals surface area contributed by atoms with Crippen LogP contribution in [0.3, 0.4) is 0 Å². The first-order valence-electron chi connectivity index (χ1n) is 6.32. The topological polar surface area (TPSA) is 49.8 Å². The summed E-state index contributed by atoms with van der Waals surface area (Å²) < 4.78 is 26.5. The van der Waals surface area contributed by atoms with Crippen molar-refractivity contribution in [3.05, 3.63) is 41.2 Å². The highest BCUT2D eigenvalue weighted by Gasteiger charge is 2.11. The van der Waals surface area contributed by atoms with Crippen LogP contribution in [0.25, 0.3) is 0 Å². The fourth-order valence-corrected chi connectivity index (χ4v) is 1.81. The number of aromatic nitrogens is 2. The Morgan fingerprint density at radius 1 is 1.10 bits per heavy atom. The molecule has 0 amide bonds. The van der Waals surface area contributed by atoms with Gasteiger partial charge in [0.2, 0.25) is 0 Å². The van der Waals surface area contributed by atoms with Gasteiger partial charge in [-0.2, -0.15) is 0 Å². The van der Waals surface area contributed by atoms with E-state index in [0.717, 1.165) is 18.2 Å². The van der Waals surface area contributed by atoms with Crippen molar-refractivity contribution in [2.75, 3.05) is 17.2 Å². The fourth-order valence-electron chi connectivity index (χ4n) is 1.81. The molecule has 0 aliphatic heterocycles. The molecular formula is C14H16F2N4. The largest absolute Gasteiger partial charge is 0.370 e. The van der Waals surface area contributed by atoms with E-state index in [9.17, 15) is 8.78 Å². The number of halogens is 2. The summed E-state index contributed by atoms with van der Waals surface area (Å²) in [6.07, 6.45) is 0. The van der Waals surface area contributed by atoms with Crippen LogP contribution in [0.1, 0.15) is 18.3 Å². The molecule has 4 nitrogen and oxygen atoms in total. The Balaban J connectivity index is 2.37. The standard InChI is InChI=1S/C14H16F2N4/c1-4-17-13-8(2)14(19-9(3)18-13)20-12-6-5-10(15)7-11(12)16/h5-7H,4H2,1-3H3,(H2,17,18,19,20). The Morgan fingerprint density at radius 2 is 1.80 bits per heavy atom. The number of hydrogen-bond acceptors (Lipinski definition) is 4. The normalized spacial score (nSPS) is 10.4. The molecule has 0 saturated carbocycles. The molecule has 2 aromatic rings. The quantitative estimate of drug-likeness (QED) is 0.898. The van der Waals surface area contributed by atoms with Crippen LogP contribution in [0.15, 0.2) is 18.2 Å². The van der Waals surface area contributed by atoms with Crippen molar-refractivity contribution in [2.24, 2.45) is 0 Å². The lowest BCUT2D eigenvalue weighted by Gasteiger charge is -2.14. The van der Waals surface area contributed by atoms with E-state index in [1.54, 1.807) is 6.92 Å². The zero-order valence-corrected chi connectivity index (χ0v) is 11.6. The summed E-state index contributed by atoms with van der Waals surface area (Å²) >= 11 is 0. The number of benzene rings is 1. The van der Waals surface area contributed by atoms with Crippen molar-refractivity contribution in [2.45, 2.75) is 20.8 Å². The lowest BCUT2D eigenvalue weighted by Crippen LogP contribution is -2.08. The summed E-state index contributed by atoms with van der Waals surface area (Å²) in [7, 11) is 0. The molecule has 0 aliphatic carbocycles. The maximum atomic E-state index is 13.7. The van der Waals surface area contributed by atoms with Crippen molar-refractivity contribution >= 4 is 17.3 Å². The minimum Gasteiger partial charge on any atom is -0.370 e. The van der Waals surface area contributed by atoms with Crippen LogP contribution < -0.4 is 10.6 Å². The number of rotatable bonds is 4. The number of nitrogens with zero attached hydrogens (tertiary/aromatic N) is 2. The van der Waals surface area contributed by atoms with Gasteiger partial charge in [0.05, 0.1) is 5.69 Å². The summed E-state index contributed by atoms with van der Waals surface area (Å²) in [6.45, 7) is 6.28. The molecular weight excluding hydrogens is 262 g/mol. The molecule has 20 heavy (non-hydrogen) atoms. The third-order valence-corrected chi connectivity index (χ3v) is 2.79. The summed E-state index contributed by atoms with van der Waals surface area (Å²) in [4.78, 5) is 8.54. The van der Waals surface area contributed by atoms with Crippen LogP contribution >= 0.6 is 0 Å². The van der Waals surface area contributed by atoms with Crippen molar-refractivity contribution in [3.8, 4) is 0 Å². The van der Waals surface area contributed by atoms with E-state index in [1.807, 2.05) is 13.8 Å². The van der Waals surface area contributed by atoms with Crippen LogP contribution in [0.4, 0.5) is 26.1 Å². The molecule has 6 heteroatoms. The second-order valence-electron chi connectivity index (χ2n) is 4.37. The lowest BCUT2D eigenvalue weighted by atomic mass is 10.2. The van der Waals surface area contributed by atoms with Crippen LogP contribution in [0, 0.1) is 25.5 Å². The molecule has 1 aromatic heterocycles. The van der Waals surface area contributed by atoms with E-state index < -0.39 is 11.6 Å². The van der Waals surface area contributed by atoms with Gasteiger partial charge in [0.1, 0.15) is 29.1 Å². The molecule has 0 radical (unpaired) electrons. The molecule has 2 N–H and O–H groups in total. The van der Waals surface area contributed by atoms with E-state index in [-0.39, 0.29) is 5.69 Å². The predicted molar refractivity (Wildman–Crippen MR) is 75.3 cm³/mol. The zero-order valence-electron chi connectivity index (χ0n) is 11.6. The Kier molecular flexibility index (Phi) is 4.12. The molecule has 0 spiro atoms. The molecule has 0 atom stereocenters. The summed E-state index contributed by atoms with van der Waals surface area (Å²) in [5.41, 5.74) is 0.955. The molecule has 0 fully saturated rings. The second kappa shape index (κ2) is 5.81. The zero-order chi connectivity index (χ0) is 14.7. The number of anilines is 3. The first-order valence-corrected chi connectivity index (χ1v) is 6.32. The van der Waals surface area contributed by atoms with E-state index >= 15 is 0 Å². The molecule has 1 aromatic carbocycles. The molecule has 0 aliphatic rings. The third kappa shape index (κ3) is 3.01. The average Bonchev–Trinajstić information content (AvgIpc) is 2.38. The van der Waals surface area contributed by atoms with Crippen LogP contribution in [-0.4, -0.2) is 16.5 Å². The first kappa shape index (κ1) is 14.2. The maximum absolute atomic E-state index is 13.7. The lowest BCUT2D eigenvalue weighted by molar-refractivity contribution is 0.586. The molecule has 106 valence electrons. The van der Waals surface area contributed by atoms with Crippen molar-refractivity contribution < 1.29 is 8.78 Å². The Labute approximate surface area is 116 Å². The monoisotopic (exact) mass is 278 g/mol. The van der Waals surface area contributed by atoms with E-state index in [2.05, 4.69) is 20.6 Å². The van der Waals surface area contributed by atoms with Gasteiger partial charge in [-0.25, -0.2) is 18.7 Å². The predicted octanol–water partition coefficient (Wildman–Crippen LogP) is 3.55. The van der Waals surface area contributed by atoms with Crippen molar-refractivity contribution in [1.29, 1.82) is 0 Å². The average molecular weight is 278 g/mol. The third-order valence-electron chi connectivity index (χ3n) is 2.79. The summed E-state index contributed by atoms with van der Waals surface area (Å²) in [5.74, 6) is 0.489. The highest BCUT2D eigenvalue weighted by molar-refractivity contribution is 5.65. The Morgan fingerprint density at radius 3 is 2.45 bits per heavy atom. The van der Waals surface area contributed by atoms with Crippen LogP contribution in [0.5, 0.6) is 0 Å². The molecule has 0 bridgehead atoms.